The quantitative estimate of drug-likeness (QED) is 0.226. The number of hydrogen-bond acceptors (Lipinski definition) is 6. The van der Waals surface area contributed by atoms with Gasteiger partial charge in [0.25, 0.3) is 0 Å². The smallest absolute Gasteiger partial charge is 0.414 e. The molecule has 1 aromatic carbocycles. The molecular formula is C30H45N3O6. The lowest BCUT2D eigenvalue weighted by Gasteiger charge is -2.39. The highest BCUT2D eigenvalue weighted by Gasteiger charge is 2.28. The minimum atomic E-state index is -1.82. The standard InChI is InChI=1S/C28H43N3O2.C2H2O4/c1-3-4-5-6-7-18-31-19-16-22(24(21-31)11-14-28(29)32)9-8-10-23-15-17-30-27-13-12-25(33-2)20-26(23)27;3-1(4)2(5)6/h12-13,15,17,20,22,24H,3-11,14,16,18-19,21H2,1-2H3,(H2,29,32);(H,3,4)(H,5,6)/t22-,24+;/m1./s1. The maximum atomic E-state index is 11.5. The van der Waals surface area contributed by atoms with Gasteiger partial charge in [0, 0.05) is 24.5 Å². The minimum absolute atomic E-state index is 0.164. The topological polar surface area (TPSA) is 143 Å². The van der Waals surface area contributed by atoms with Crippen molar-refractivity contribution in [2.75, 3.05) is 26.7 Å². The third-order valence-electron chi connectivity index (χ3n) is 7.56. The van der Waals surface area contributed by atoms with E-state index in [-0.39, 0.29) is 5.91 Å². The van der Waals surface area contributed by atoms with Crippen molar-refractivity contribution < 1.29 is 29.3 Å². The van der Waals surface area contributed by atoms with Crippen molar-refractivity contribution in [1.82, 2.24) is 9.88 Å². The molecule has 4 N–H and O–H groups in total. The van der Waals surface area contributed by atoms with E-state index in [1.165, 1.54) is 69.0 Å². The summed E-state index contributed by atoms with van der Waals surface area (Å²) in [7, 11) is 1.71. The van der Waals surface area contributed by atoms with Crippen LogP contribution in [-0.4, -0.2) is 64.7 Å². The number of ether oxygens (including phenoxy) is 1. The number of carboxylic acid groups (broad SMARTS) is 2. The number of likely N-dealkylation sites (tertiary alicyclic amines) is 1. The lowest BCUT2D eigenvalue weighted by atomic mass is 9.79. The molecule has 3 rings (SSSR count). The Labute approximate surface area is 231 Å². The summed E-state index contributed by atoms with van der Waals surface area (Å²) in [5, 5.41) is 16.0. The number of pyridine rings is 1. The summed E-state index contributed by atoms with van der Waals surface area (Å²) in [6.07, 6.45) is 14.7. The monoisotopic (exact) mass is 543 g/mol. The van der Waals surface area contributed by atoms with E-state index in [0.29, 0.717) is 18.3 Å². The molecule has 1 aromatic heterocycles. The minimum Gasteiger partial charge on any atom is -0.497 e. The number of amides is 1. The fraction of sp³-hybridized carbons (Fsp3) is 0.600. The van der Waals surface area contributed by atoms with Crippen molar-refractivity contribution in [2.24, 2.45) is 17.6 Å². The summed E-state index contributed by atoms with van der Waals surface area (Å²) in [4.78, 5) is 36.8. The first-order valence-corrected chi connectivity index (χ1v) is 14.1. The molecule has 9 heteroatoms. The normalized spacial score (nSPS) is 17.3. The van der Waals surface area contributed by atoms with Crippen molar-refractivity contribution >= 4 is 28.7 Å². The van der Waals surface area contributed by atoms with Crippen LogP contribution in [0.2, 0.25) is 0 Å². The van der Waals surface area contributed by atoms with E-state index in [1.807, 2.05) is 18.3 Å². The Morgan fingerprint density at radius 3 is 2.44 bits per heavy atom. The predicted octanol–water partition coefficient (Wildman–Crippen LogP) is 4.90. The zero-order valence-electron chi connectivity index (χ0n) is 23.4. The Hall–Kier alpha value is -3.20. The van der Waals surface area contributed by atoms with Gasteiger partial charge in [-0.15, -0.1) is 0 Å². The molecule has 1 aliphatic rings. The Morgan fingerprint density at radius 2 is 1.77 bits per heavy atom. The molecule has 9 nitrogen and oxygen atoms in total. The number of aliphatic carboxylic acids is 2. The van der Waals surface area contributed by atoms with Crippen LogP contribution in [-0.2, 0) is 20.8 Å². The predicted molar refractivity (Wildman–Crippen MR) is 152 cm³/mol. The highest BCUT2D eigenvalue weighted by Crippen LogP contribution is 2.32. The molecule has 1 aliphatic heterocycles. The lowest BCUT2D eigenvalue weighted by Crippen LogP contribution is -2.41. The van der Waals surface area contributed by atoms with Gasteiger partial charge in [-0.05, 0) is 93.3 Å². The Morgan fingerprint density at radius 1 is 1.03 bits per heavy atom. The van der Waals surface area contributed by atoms with Gasteiger partial charge < -0.3 is 25.6 Å². The molecule has 216 valence electrons. The van der Waals surface area contributed by atoms with Gasteiger partial charge in [0.15, 0.2) is 0 Å². The number of rotatable bonds is 14. The van der Waals surface area contributed by atoms with Gasteiger partial charge in [-0.25, -0.2) is 9.59 Å². The molecule has 1 amide bonds. The van der Waals surface area contributed by atoms with Crippen LogP contribution in [0, 0.1) is 11.8 Å². The number of nitrogens with zero attached hydrogens (tertiary/aromatic N) is 2. The van der Waals surface area contributed by atoms with E-state index in [0.717, 1.165) is 37.1 Å². The van der Waals surface area contributed by atoms with Crippen LogP contribution in [0.15, 0.2) is 30.5 Å². The average Bonchev–Trinajstić information content (AvgIpc) is 2.92. The van der Waals surface area contributed by atoms with Crippen molar-refractivity contribution in [3.05, 3.63) is 36.0 Å². The van der Waals surface area contributed by atoms with E-state index in [2.05, 4.69) is 28.9 Å². The van der Waals surface area contributed by atoms with Crippen LogP contribution < -0.4 is 10.5 Å². The summed E-state index contributed by atoms with van der Waals surface area (Å²) < 4.78 is 5.42. The molecule has 1 saturated heterocycles. The van der Waals surface area contributed by atoms with Crippen LogP contribution in [0.25, 0.3) is 10.9 Å². The van der Waals surface area contributed by atoms with Crippen LogP contribution in [0.3, 0.4) is 0 Å². The molecule has 39 heavy (non-hydrogen) atoms. The first-order valence-electron chi connectivity index (χ1n) is 14.1. The van der Waals surface area contributed by atoms with Crippen LogP contribution in [0.4, 0.5) is 0 Å². The molecule has 0 bridgehead atoms. The van der Waals surface area contributed by atoms with E-state index in [4.69, 9.17) is 30.3 Å². The van der Waals surface area contributed by atoms with Crippen molar-refractivity contribution in [2.45, 2.75) is 77.6 Å². The lowest BCUT2D eigenvalue weighted by molar-refractivity contribution is -0.159. The van der Waals surface area contributed by atoms with Gasteiger partial charge in [0.05, 0.1) is 12.6 Å². The van der Waals surface area contributed by atoms with Crippen LogP contribution in [0.1, 0.15) is 76.7 Å². The fourth-order valence-electron chi connectivity index (χ4n) is 5.41. The SMILES string of the molecule is CCCCCCCN1CC[C@@H](CCCc2ccnc3ccc(OC)cc23)[C@@H](CCC(N)=O)C1.O=C(O)C(=O)O. The van der Waals surface area contributed by atoms with Crippen molar-refractivity contribution in [1.29, 1.82) is 0 Å². The summed E-state index contributed by atoms with van der Waals surface area (Å²) in [6.45, 7) is 5.79. The van der Waals surface area contributed by atoms with Crippen LogP contribution >= 0.6 is 0 Å². The zero-order chi connectivity index (χ0) is 28.6. The molecule has 0 spiro atoms. The maximum absolute atomic E-state index is 11.5. The van der Waals surface area contributed by atoms with E-state index < -0.39 is 11.9 Å². The Balaban J connectivity index is 0.000000798. The molecule has 2 aromatic rings. The largest absolute Gasteiger partial charge is 0.497 e. The summed E-state index contributed by atoms with van der Waals surface area (Å²) >= 11 is 0. The zero-order valence-corrected chi connectivity index (χ0v) is 23.4. The Kier molecular flexibility index (Phi) is 14.3. The molecule has 0 saturated carbocycles. The van der Waals surface area contributed by atoms with Crippen LogP contribution in [0.5, 0.6) is 5.75 Å². The highest BCUT2D eigenvalue weighted by molar-refractivity contribution is 6.27. The second-order valence-corrected chi connectivity index (χ2v) is 10.4. The molecule has 2 heterocycles. The van der Waals surface area contributed by atoms with Gasteiger partial charge in [0.1, 0.15) is 5.75 Å². The number of methoxy groups -OCH3 is 1. The molecule has 2 atom stereocenters. The van der Waals surface area contributed by atoms with Crippen molar-refractivity contribution in [3.63, 3.8) is 0 Å². The van der Waals surface area contributed by atoms with Gasteiger partial charge in [-0.3, -0.25) is 9.78 Å². The maximum Gasteiger partial charge on any atom is 0.414 e. The number of carboxylic acids is 2. The first-order chi connectivity index (χ1) is 18.7. The van der Waals surface area contributed by atoms with Gasteiger partial charge in [-0.2, -0.15) is 0 Å². The number of carbonyl (C=O) groups is 3. The number of unbranched alkanes of at least 4 members (excludes halogenated alkanes) is 4. The van der Waals surface area contributed by atoms with E-state index in [1.54, 1.807) is 7.11 Å². The molecule has 1 fully saturated rings. The average molecular weight is 544 g/mol. The van der Waals surface area contributed by atoms with Gasteiger partial charge in [-0.1, -0.05) is 32.6 Å². The number of piperidine rings is 1. The fourth-order valence-corrected chi connectivity index (χ4v) is 5.41. The molecular weight excluding hydrogens is 498 g/mol. The number of primary amides is 1. The molecule has 0 unspecified atom stereocenters. The summed E-state index contributed by atoms with van der Waals surface area (Å²) in [5.41, 5.74) is 7.87. The number of fused-ring (bicyclic) bond motifs is 1. The second kappa shape index (κ2) is 17.4. The Bertz CT molecular complexity index is 1050. The van der Waals surface area contributed by atoms with E-state index >= 15 is 0 Å². The second-order valence-electron chi connectivity index (χ2n) is 10.4. The number of nitrogens with two attached hydrogens (primary N) is 1. The third-order valence-corrected chi connectivity index (χ3v) is 7.56. The number of carbonyl (C=O) groups excluding carboxylic acids is 1. The third kappa shape index (κ3) is 11.6. The summed E-state index contributed by atoms with van der Waals surface area (Å²) in [5.74, 6) is -1.67. The highest BCUT2D eigenvalue weighted by atomic mass is 16.5. The molecule has 0 radical (unpaired) electrons. The van der Waals surface area contributed by atoms with E-state index in [9.17, 15) is 4.79 Å². The number of benzene rings is 1. The number of aromatic nitrogens is 1. The number of hydrogen-bond donors (Lipinski definition) is 3. The van der Waals surface area contributed by atoms with Crippen molar-refractivity contribution in [3.8, 4) is 5.75 Å². The number of aryl methyl sites for hydroxylation is 1. The molecule has 0 aliphatic carbocycles. The van der Waals surface area contributed by atoms with Gasteiger partial charge in [0.2, 0.25) is 5.91 Å². The first kappa shape index (κ1) is 32.0. The van der Waals surface area contributed by atoms with Gasteiger partial charge >= 0.3 is 11.9 Å². The summed E-state index contributed by atoms with van der Waals surface area (Å²) in [6, 6.07) is 8.26.